The highest BCUT2D eigenvalue weighted by molar-refractivity contribution is 8.01. The molecule has 1 heterocycles. The van der Waals surface area contributed by atoms with Crippen molar-refractivity contribution >= 4 is 39.4 Å². The van der Waals surface area contributed by atoms with E-state index in [1.54, 1.807) is 32.1 Å². The number of hydrogen-bond donors (Lipinski definition) is 2. The first-order chi connectivity index (χ1) is 10.3. The number of benzene rings is 1. The Balaban J connectivity index is 1.75. The third-order valence-corrected chi connectivity index (χ3v) is 4.88. The molecule has 0 fully saturated rings. The quantitative estimate of drug-likeness (QED) is 0.817. The summed E-state index contributed by atoms with van der Waals surface area (Å²) in [4.78, 5) is 16.0. The molecule has 0 saturated heterocycles. The highest BCUT2D eigenvalue weighted by atomic mass is 32.2. The van der Waals surface area contributed by atoms with E-state index in [9.17, 15) is 9.90 Å². The SMILES string of the molecule is CC(C)(C)OC(=O)NC[C@@H](O)CSc1nc2ccccc2s1. The van der Waals surface area contributed by atoms with Gasteiger partial charge >= 0.3 is 6.09 Å². The van der Waals surface area contributed by atoms with Crippen LogP contribution in [0.5, 0.6) is 0 Å². The highest BCUT2D eigenvalue weighted by Gasteiger charge is 2.17. The van der Waals surface area contributed by atoms with Gasteiger partial charge < -0.3 is 15.2 Å². The second-order valence-corrected chi connectivity index (χ2v) is 8.09. The fraction of sp³-hybridized carbons (Fsp3) is 0.467. The average Bonchev–Trinajstić information content (AvgIpc) is 2.84. The second kappa shape index (κ2) is 7.30. The van der Waals surface area contributed by atoms with Gasteiger partial charge in [-0.2, -0.15) is 0 Å². The van der Waals surface area contributed by atoms with Gasteiger partial charge in [-0.1, -0.05) is 23.9 Å². The largest absolute Gasteiger partial charge is 0.444 e. The van der Waals surface area contributed by atoms with Crippen molar-refractivity contribution in [3.63, 3.8) is 0 Å². The number of fused-ring (bicyclic) bond motifs is 1. The molecule has 0 aliphatic heterocycles. The molecule has 22 heavy (non-hydrogen) atoms. The van der Waals surface area contributed by atoms with E-state index in [1.807, 2.05) is 24.3 Å². The molecule has 7 heteroatoms. The van der Waals surface area contributed by atoms with Gasteiger partial charge in [-0.15, -0.1) is 11.3 Å². The molecule has 5 nitrogen and oxygen atoms in total. The van der Waals surface area contributed by atoms with Gasteiger partial charge in [-0.05, 0) is 32.9 Å². The Bertz CT molecular complexity index is 604. The van der Waals surface area contributed by atoms with Gasteiger partial charge in [0, 0.05) is 12.3 Å². The summed E-state index contributed by atoms with van der Waals surface area (Å²) in [7, 11) is 0. The lowest BCUT2D eigenvalue weighted by molar-refractivity contribution is 0.0499. The van der Waals surface area contributed by atoms with Gasteiger partial charge in [-0.25, -0.2) is 9.78 Å². The number of rotatable bonds is 5. The Morgan fingerprint density at radius 1 is 1.45 bits per heavy atom. The molecule has 1 aromatic heterocycles. The zero-order valence-corrected chi connectivity index (χ0v) is 14.5. The number of thioether (sulfide) groups is 1. The smallest absolute Gasteiger partial charge is 0.407 e. The molecule has 0 aliphatic rings. The van der Waals surface area contributed by atoms with Gasteiger partial charge in [-0.3, -0.25) is 0 Å². The van der Waals surface area contributed by atoms with Crippen LogP contribution in [-0.4, -0.2) is 40.2 Å². The van der Waals surface area contributed by atoms with Crippen LogP contribution in [0.2, 0.25) is 0 Å². The van der Waals surface area contributed by atoms with E-state index in [0.29, 0.717) is 5.75 Å². The molecule has 1 amide bonds. The lowest BCUT2D eigenvalue weighted by Crippen LogP contribution is -2.37. The Labute approximate surface area is 138 Å². The van der Waals surface area contributed by atoms with Crippen LogP contribution in [0.1, 0.15) is 20.8 Å². The van der Waals surface area contributed by atoms with Crippen molar-refractivity contribution in [2.75, 3.05) is 12.3 Å². The van der Waals surface area contributed by atoms with E-state index in [4.69, 9.17) is 4.74 Å². The molecule has 0 spiro atoms. The number of nitrogens with one attached hydrogen (secondary N) is 1. The van der Waals surface area contributed by atoms with Gasteiger partial charge in [0.15, 0.2) is 4.34 Å². The topological polar surface area (TPSA) is 71.5 Å². The van der Waals surface area contributed by atoms with Crippen LogP contribution in [0, 0.1) is 0 Å². The summed E-state index contributed by atoms with van der Waals surface area (Å²) >= 11 is 3.08. The first-order valence-corrected chi connectivity index (χ1v) is 8.77. The molecule has 2 rings (SSSR count). The monoisotopic (exact) mass is 340 g/mol. The summed E-state index contributed by atoms with van der Waals surface area (Å²) in [5, 5.41) is 12.5. The predicted octanol–water partition coefficient (Wildman–Crippen LogP) is 3.27. The predicted molar refractivity (Wildman–Crippen MR) is 90.6 cm³/mol. The van der Waals surface area contributed by atoms with Gasteiger partial charge in [0.2, 0.25) is 0 Å². The lowest BCUT2D eigenvalue weighted by atomic mass is 10.2. The van der Waals surface area contributed by atoms with E-state index in [0.717, 1.165) is 14.6 Å². The maximum atomic E-state index is 11.5. The molecule has 1 atom stereocenters. The first kappa shape index (κ1) is 17.1. The number of aromatic nitrogens is 1. The molecular weight excluding hydrogens is 320 g/mol. The average molecular weight is 340 g/mol. The normalized spacial score (nSPS) is 13.1. The molecule has 2 N–H and O–H groups in total. The van der Waals surface area contributed by atoms with E-state index in [1.165, 1.54) is 11.8 Å². The van der Waals surface area contributed by atoms with Crippen LogP contribution in [-0.2, 0) is 4.74 Å². The molecule has 0 radical (unpaired) electrons. The second-order valence-electron chi connectivity index (χ2n) is 5.80. The summed E-state index contributed by atoms with van der Waals surface area (Å²) in [6.07, 6.45) is -1.17. The third kappa shape index (κ3) is 5.47. The van der Waals surface area contributed by atoms with Crippen LogP contribution in [0.3, 0.4) is 0 Å². The minimum absolute atomic E-state index is 0.160. The number of nitrogens with zero attached hydrogens (tertiary/aromatic N) is 1. The molecule has 2 aromatic rings. The number of aliphatic hydroxyl groups excluding tert-OH is 1. The summed E-state index contributed by atoms with van der Waals surface area (Å²) < 4.78 is 7.16. The summed E-state index contributed by atoms with van der Waals surface area (Å²) in [6.45, 7) is 5.55. The zero-order valence-electron chi connectivity index (χ0n) is 12.8. The fourth-order valence-corrected chi connectivity index (χ4v) is 3.68. The lowest BCUT2D eigenvalue weighted by Gasteiger charge is -2.20. The highest BCUT2D eigenvalue weighted by Crippen LogP contribution is 2.29. The van der Waals surface area contributed by atoms with E-state index >= 15 is 0 Å². The first-order valence-electron chi connectivity index (χ1n) is 6.97. The van der Waals surface area contributed by atoms with Gasteiger partial charge in [0.1, 0.15) is 5.60 Å². The Kier molecular flexibility index (Phi) is 5.66. The number of carbonyl (C=O) groups is 1. The third-order valence-electron chi connectivity index (χ3n) is 2.55. The number of carbonyl (C=O) groups excluding carboxylic acids is 1. The van der Waals surface area contributed by atoms with Crippen molar-refractivity contribution in [2.45, 2.75) is 36.8 Å². The number of amides is 1. The van der Waals surface area contributed by atoms with Crippen molar-refractivity contribution in [3.05, 3.63) is 24.3 Å². The fourth-order valence-electron chi connectivity index (χ4n) is 1.65. The molecule has 1 aromatic carbocycles. The number of thiazole rings is 1. The van der Waals surface area contributed by atoms with Crippen molar-refractivity contribution in [1.29, 1.82) is 0 Å². The maximum absolute atomic E-state index is 11.5. The van der Waals surface area contributed by atoms with Crippen LogP contribution < -0.4 is 5.32 Å². The van der Waals surface area contributed by atoms with Crippen molar-refractivity contribution in [3.8, 4) is 0 Å². The summed E-state index contributed by atoms with van der Waals surface area (Å²) in [5.74, 6) is 0.468. The minimum Gasteiger partial charge on any atom is -0.444 e. The van der Waals surface area contributed by atoms with Crippen molar-refractivity contribution in [2.24, 2.45) is 0 Å². The van der Waals surface area contributed by atoms with Crippen LogP contribution in [0.15, 0.2) is 28.6 Å². The van der Waals surface area contributed by atoms with Crippen LogP contribution in [0.4, 0.5) is 4.79 Å². The number of alkyl carbamates (subject to hydrolysis) is 1. The maximum Gasteiger partial charge on any atom is 0.407 e. The van der Waals surface area contributed by atoms with Crippen LogP contribution >= 0.6 is 23.1 Å². The summed E-state index contributed by atoms with van der Waals surface area (Å²) in [6, 6.07) is 7.93. The summed E-state index contributed by atoms with van der Waals surface area (Å²) in [5.41, 5.74) is 0.432. The minimum atomic E-state index is -0.649. The number of aliphatic hydroxyl groups is 1. The molecule has 0 saturated carbocycles. The van der Waals surface area contributed by atoms with E-state index in [-0.39, 0.29) is 6.54 Å². The molecule has 0 bridgehead atoms. The molecule has 120 valence electrons. The number of ether oxygens (including phenoxy) is 1. The van der Waals surface area contributed by atoms with Gasteiger partial charge in [0.25, 0.3) is 0 Å². The molecule has 0 aliphatic carbocycles. The van der Waals surface area contributed by atoms with E-state index < -0.39 is 17.8 Å². The number of hydrogen-bond acceptors (Lipinski definition) is 6. The standard InChI is InChI=1S/C15H20N2O3S2/c1-15(2,3)20-13(19)16-8-10(18)9-21-14-17-11-6-4-5-7-12(11)22-14/h4-7,10,18H,8-9H2,1-3H3,(H,16,19)/t10-/m1/s1. The van der Waals surface area contributed by atoms with Crippen LogP contribution in [0.25, 0.3) is 10.2 Å². The van der Waals surface area contributed by atoms with Crippen molar-refractivity contribution in [1.82, 2.24) is 10.3 Å². The molecular formula is C15H20N2O3S2. The Morgan fingerprint density at radius 2 is 2.18 bits per heavy atom. The Morgan fingerprint density at radius 3 is 2.86 bits per heavy atom. The zero-order chi connectivity index (χ0) is 16.2. The van der Waals surface area contributed by atoms with Crippen molar-refractivity contribution < 1.29 is 14.6 Å². The Hall–Kier alpha value is -1.31. The van der Waals surface area contributed by atoms with E-state index in [2.05, 4.69) is 10.3 Å². The number of para-hydroxylation sites is 1. The molecule has 0 unspecified atom stereocenters. The van der Waals surface area contributed by atoms with Gasteiger partial charge in [0.05, 0.1) is 16.3 Å².